The number of rotatable bonds is 30. The van der Waals surface area contributed by atoms with Crippen LogP contribution in [0.1, 0.15) is 123 Å². The molecule has 254 valence electrons. The molecule has 0 aliphatic carbocycles. The van der Waals surface area contributed by atoms with Crippen molar-refractivity contribution in [2.24, 2.45) is 0 Å². The molecule has 9 nitrogen and oxygen atoms in total. The van der Waals surface area contributed by atoms with Gasteiger partial charge in [-0.1, -0.05) is 107 Å². The van der Waals surface area contributed by atoms with E-state index in [0.717, 1.165) is 57.8 Å². The van der Waals surface area contributed by atoms with Crippen molar-refractivity contribution in [1.29, 1.82) is 0 Å². The molecule has 2 atom stereocenters. The van der Waals surface area contributed by atoms with Crippen molar-refractivity contribution in [2.45, 2.75) is 129 Å². The number of esters is 1. The van der Waals surface area contributed by atoms with Gasteiger partial charge in [-0.25, -0.2) is 4.57 Å². The Kier molecular flexibility index (Phi) is 29.5. The van der Waals surface area contributed by atoms with Gasteiger partial charge >= 0.3 is 13.8 Å². The smallest absolute Gasteiger partial charge is 0.463 e. The Bertz CT molecular complexity index is 871. The maximum atomic E-state index is 12.0. The quantitative estimate of drug-likeness (QED) is 0.0311. The van der Waals surface area contributed by atoms with Crippen molar-refractivity contribution in [2.75, 3.05) is 26.4 Å². The van der Waals surface area contributed by atoms with Gasteiger partial charge < -0.3 is 20.1 Å². The summed E-state index contributed by atoms with van der Waals surface area (Å²) in [5.74, 6) is -0.569. The first-order valence-corrected chi connectivity index (χ1v) is 18.1. The molecule has 0 rings (SSSR count). The lowest BCUT2D eigenvalue weighted by atomic mass is 10.1. The van der Waals surface area contributed by atoms with E-state index in [9.17, 15) is 24.2 Å². The highest BCUT2D eigenvalue weighted by Gasteiger charge is 2.23. The van der Waals surface area contributed by atoms with Crippen LogP contribution in [0.2, 0.25) is 0 Å². The van der Waals surface area contributed by atoms with E-state index in [1.807, 2.05) is 0 Å². The van der Waals surface area contributed by atoms with E-state index in [1.165, 1.54) is 32.1 Å². The van der Waals surface area contributed by atoms with Crippen molar-refractivity contribution < 1.29 is 37.9 Å². The van der Waals surface area contributed by atoms with E-state index in [1.54, 1.807) is 0 Å². The lowest BCUT2D eigenvalue weighted by Gasteiger charge is -2.15. The number of allylic oxidation sites excluding steroid dienone is 8. The Morgan fingerprint density at radius 3 is 1.93 bits per heavy atom. The number of phosphoric ester groups is 1. The third kappa shape index (κ3) is 31.4. The Balaban J connectivity index is 3.74. The molecule has 0 aromatic rings. The van der Waals surface area contributed by atoms with Crippen molar-refractivity contribution in [3.63, 3.8) is 0 Å². The van der Waals surface area contributed by atoms with Crippen LogP contribution in [0.4, 0.5) is 0 Å². The molecule has 10 heteroatoms. The molecule has 0 aromatic carbocycles. The fourth-order valence-electron chi connectivity index (χ4n) is 4.02. The molecule has 0 heterocycles. The Hall–Kier alpha value is -2.03. The minimum absolute atomic E-state index is 0.0756. The van der Waals surface area contributed by atoms with Gasteiger partial charge in [0.05, 0.1) is 13.2 Å². The third-order valence-electron chi connectivity index (χ3n) is 6.52. The zero-order chi connectivity index (χ0) is 32.6. The van der Waals surface area contributed by atoms with Gasteiger partial charge in [-0.3, -0.25) is 18.6 Å². The van der Waals surface area contributed by atoms with E-state index in [4.69, 9.17) is 13.8 Å². The Morgan fingerprint density at radius 2 is 1.30 bits per heavy atom. The fraction of sp³-hybridized carbons (Fsp3) is 0.706. The summed E-state index contributed by atoms with van der Waals surface area (Å²) in [6.07, 6.45) is 32.0. The molecule has 0 fully saturated rings. The minimum atomic E-state index is -4.41. The predicted molar refractivity (Wildman–Crippen MR) is 178 cm³/mol. The predicted octanol–water partition coefficient (Wildman–Crippen LogP) is 8.04. The number of hydrogen-bond acceptors (Lipinski definition) is 7. The molecule has 0 bridgehead atoms. The standard InChI is InChI=1S/C34H60NO8P/c1-3-5-7-9-11-13-14-15-16-17-18-19-21-23-25-27-34(38)41-30-32(36)31-43-44(39,40)42-29-28-35-33(37)26-24-22-20-12-10-8-6-4-2/h5,7,11,13,15-16,18-19,32,36H,3-4,6,8-10,12,14,17,20-31H2,1-2H3,(H,35,37)(H,39,40)/b7-5-,13-11-,16-15-,19-18-. The summed E-state index contributed by atoms with van der Waals surface area (Å²) in [5.41, 5.74) is 0. The summed E-state index contributed by atoms with van der Waals surface area (Å²) < 4.78 is 26.6. The number of hydrogen-bond donors (Lipinski definition) is 3. The van der Waals surface area contributed by atoms with Gasteiger partial charge in [-0.2, -0.15) is 0 Å². The summed E-state index contributed by atoms with van der Waals surface area (Å²) in [7, 11) is -4.41. The number of aliphatic hydroxyl groups is 1. The first-order chi connectivity index (χ1) is 21.3. The largest absolute Gasteiger partial charge is 0.472 e. The van der Waals surface area contributed by atoms with Crippen LogP contribution >= 0.6 is 7.82 Å². The molecule has 0 spiro atoms. The second kappa shape index (κ2) is 31.0. The molecule has 0 saturated heterocycles. The first-order valence-electron chi connectivity index (χ1n) is 16.6. The van der Waals surface area contributed by atoms with E-state index in [2.05, 4.69) is 67.8 Å². The molecule has 0 aliphatic rings. The lowest BCUT2D eigenvalue weighted by Crippen LogP contribution is -2.27. The maximum Gasteiger partial charge on any atom is 0.472 e. The van der Waals surface area contributed by atoms with Gasteiger partial charge in [0.25, 0.3) is 0 Å². The number of unbranched alkanes of at least 4 members (excludes halogenated alkanes) is 9. The summed E-state index contributed by atoms with van der Waals surface area (Å²) in [4.78, 5) is 33.5. The number of aliphatic hydroxyl groups excluding tert-OH is 1. The van der Waals surface area contributed by atoms with E-state index >= 15 is 0 Å². The molecule has 0 aliphatic heterocycles. The van der Waals surface area contributed by atoms with Crippen molar-refractivity contribution >= 4 is 19.7 Å². The van der Waals surface area contributed by atoms with Crippen LogP contribution in [0.3, 0.4) is 0 Å². The fourth-order valence-corrected chi connectivity index (χ4v) is 4.77. The summed E-state index contributed by atoms with van der Waals surface area (Å²) in [6.45, 7) is 3.32. The molecule has 3 N–H and O–H groups in total. The zero-order valence-electron chi connectivity index (χ0n) is 27.3. The molecule has 2 unspecified atom stereocenters. The van der Waals surface area contributed by atoms with Crippen LogP contribution in [-0.4, -0.2) is 54.3 Å². The van der Waals surface area contributed by atoms with Gasteiger partial charge in [-0.15, -0.1) is 0 Å². The molecule has 44 heavy (non-hydrogen) atoms. The Morgan fingerprint density at radius 1 is 0.727 bits per heavy atom. The zero-order valence-corrected chi connectivity index (χ0v) is 28.2. The second-order valence-corrected chi connectivity index (χ2v) is 12.2. The minimum Gasteiger partial charge on any atom is -0.463 e. The number of amides is 1. The number of carbonyl (C=O) groups is 2. The lowest BCUT2D eigenvalue weighted by molar-refractivity contribution is -0.147. The normalized spacial score (nSPS) is 14.2. The van der Waals surface area contributed by atoms with Crippen LogP contribution in [0, 0.1) is 0 Å². The number of carbonyl (C=O) groups excluding carboxylic acids is 2. The highest BCUT2D eigenvalue weighted by molar-refractivity contribution is 7.47. The SMILES string of the molecule is CC/C=C\C/C=C\C/C=C\C/C=C\CCCCC(=O)OCC(O)COP(=O)(O)OCCNC(=O)CCCCCCCCCC. The summed E-state index contributed by atoms with van der Waals surface area (Å²) in [5, 5.41) is 12.6. The van der Waals surface area contributed by atoms with Crippen LogP contribution in [-0.2, 0) is 27.9 Å². The van der Waals surface area contributed by atoms with E-state index in [0.29, 0.717) is 12.8 Å². The molecular weight excluding hydrogens is 581 g/mol. The van der Waals surface area contributed by atoms with E-state index < -0.39 is 26.5 Å². The topological polar surface area (TPSA) is 131 Å². The average Bonchev–Trinajstić information content (AvgIpc) is 3.00. The van der Waals surface area contributed by atoms with Crippen LogP contribution in [0.15, 0.2) is 48.6 Å². The van der Waals surface area contributed by atoms with Crippen LogP contribution in [0.5, 0.6) is 0 Å². The highest BCUT2D eigenvalue weighted by Crippen LogP contribution is 2.42. The molecule has 0 aromatic heterocycles. The monoisotopic (exact) mass is 641 g/mol. The number of phosphoric acid groups is 1. The molecule has 0 saturated carbocycles. The first kappa shape index (κ1) is 42.0. The Labute approximate surface area is 266 Å². The molecule has 1 amide bonds. The van der Waals surface area contributed by atoms with Crippen LogP contribution in [0.25, 0.3) is 0 Å². The highest BCUT2D eigenvalue weighted by atomic mass is 31.2. The molecular formula is C34H60NO8P. The van der Waals surface area contributed by atoms with Crippen molar-refractivity contribution in [3.8, 4) is 0 Å². The van der Waals surface area contributed by atoms with Gasteiger partial charge in [-0.05, 0) is 51.4 Å². The van der Waals surface area contributed by atoms with Crippen molar-refractivity contribution in [1.82, 2.24) is 5.32 Å². The van der Waals surface area contributed by atoms with Gasteiger partial charge in [0.1, 0.15) is 12.7 Å². The average molecular weight is 642 g/mol. The summed E-state index contributed by atoms with van der Waals surface area (Å²) in [6, 6.07) is 0. The van der Waals surface area contributed by atoms with E-state index in [-0.39, 0.29) is 32.1 Å². The number of ether oxygens (including phenoxy) is 1. The third-order valence-corrected chi connectivity index (χ3v) is 7.51. The van der Waals surface area contributed by atoms with Gasteiger partial charge in [0, 0.05) is 19.4 Å². The summed E-state index contributed by atoms with van der Waals surface area (Å²) >= 11 is 0. The number of nitrogens with one attached hydrogen (secondary N) is 1. The maximum absolute atomic E-state index is 12.0. The van der Waals surface area contributed by atoms with Crippen molar-refractivity contribution in [3.05, 3.63) is 48.6 Å². The van der Waals surface area contributed by atoms with Gasteiger partial charge in [0.15, 0.2) is 0 Å². The van der Waals surface area contributed by atoms with Crippen LogP contribution < -0.4 is 5.32 Å². The molecule has 0 radical (unpaired) electrons. The second-order valence-electron chi connectivity index (χ2n) is 10.8. The van der Waals surface area contributed by atoms with Gasteiger partial charge in [0.2, 0.25) is 5.91 Å².